The van der Waals surface area contributed by atoms with E-state index in [2.05, 4.69) is 37.7 Å². The van der Waals surface area contributed by atoms with E-state index in [9.17, 15) is 24.3 Å². The van der Waals surface area contributed by atoms with Gasteiger partial charge in [-0.15, -0.1) is 0 Å². The van der Waals surface area contributed by atoms with Gasteiger partial charge in [0.15, 0.2) is 23.0 Å². The molecule has 15 nitrogen and oxygen atoms in total. The van der Waals surface area contributed by atoms with Gasteiger partial charge in [-0.05, 0) is 99.3 Å². The summed E-state index contributed by atoms with van der Waals surface area (Å²) in [5.74, 6) is -2.60. The number of aliphatic hydroxyl groups is 1. The third kappa shape index (κ3) is 8.99. The molecule has 4 aliphatic heterocycles. The maximum atomic E-state index is 16.5. The molecule has 1 aromatic heterocycles. The van der Waals surface area contributed by atoms with E-state index < -0.39 is 40.1 Å². The molecule has 0 spiro atoms. The highest BCUT2D eigenvalue weighted by Gasteiger charge is 2.50. The Morgan fingerprint density at radius 3 is 2.45 bits per heavy atom. The van der Waals surface area contributed by atoms with Crippen molar-refractivity contribution in [3.63, 3.8) is 0 Å². The Bertz CT molecular complexity index is 2890. The second-order valence-corrected chi connectivity index (χ2v) is 20.1. The largest absolute Gasteiger partial charge is 0.488 e. The first-order valence-electron chi connectivity index (χ1n) is 24.7. The molecule has 0 radical (unpaired) electrons. The molecular weight excluding hydrogens is 934 g/mol. The number of urea groups is 1. The second kappa shape index (κ2) is 19.8. The van der Waals surface area contributed by atoms with Crippen molar-refractivity contribution in [3.05, 3.63) is 106 Å². The Balaban J connectivity index is 0.767. The molecule has 71 heavy (non-hydrogen) atoms. The van der Waals surface area contributed by atoms with Gasteiger partial charge in [-0.3, -0.25) is 34.2 Å². The number of likely N-dealkylation sites (tertiary alicyclic amines) is 2. The summed E-state index contributed by atoms with van der Waals surface area (Å²) in [7, 11) is 1.88. The van der Waals surface area contributed by atoms with Crippen LogP contribution in [0.3, 0.4) is 0 Å². The second-order valence-electron chi connectivity index (χ2n) is 19.7. The first-order valence-corrected chi connectivity index (χ1v) is 25.1. The Morgan fingerprint density at radius 2 is 1.73 bits per heavy atom. The fourth-order valence-corrected chi connectivity index (χ4v) is 12.2. The number of carbonyl (C=O) groups excluding carboxylic acids is 4. The fourth-order valence-electron chi connectivity index (χ4n) is 11.9. The number of nitrogens with zero attached hydrogens (tertiary/aromatic N) is 5. The molecule has 1 aliphatic carbocycles. The predicted molar refractivity (Wildman–Crippen MR) is 264 cm³/mol. The van der Waals surface area contributed by atoms with Gasteiger partial charge < -0.3 is 30.5 Å². The van der Waals surface area contributed by atoms with Gasteiger partial charge in [-0.2, -0.15) is 5.10 Å². The third-order valence-corrected chi connectivity index (χ3v) is 16.1. The Morgan fingerprint density at radius 1 is 0.972 bits per heavy atom. The standard InChI is InChI=1S/C53H59ClF2N8O7/c1-30-44-42(27-39(55)47(54)46(44)45-38(49(57)67)14-15-41(48(45)56)70-25-24-65)71-53(30,34-6-4-3-5-7-34)29-58-35-11-8-32(9-12-35)51(68)63-22-18-36(28-63)62-20-16-31(17-21-62)33-10-13-37-40(26-33)61(2)60-50(37)64-23-19-43(66)59-52(64)69/h3-7,10,13-15,26-27,30-32,35-36,58,65H,8-9,11-12,16-25,28-29H2,1-2H3,(H2,57,67)(H,59,66,69)/t30-,32?,35?,36+,53-/m0/s1. The van der Waals surface area contributed by atoms with Crippen molar-refractivity contribution in [2.45, 2.75) is 87.8 Å². The zero-order valence-corrected chi connectivity index (χ0v) is 40.7. The monoisotopic (exact) mass is 992 g/mol. The molecule has 10 rings (SSSR count). The number of halogens is 3. The van der Waals surface area contributed by atoms with Crippen LogP contribution in [0.15, 0.2) is 66.7 Å². The molecule has 4 fully saturated rings. The van der Waals surface area contributed by atoms with E-state index in [-0.39, 0.29) is 71.6 Å². The Kier molecular flexibility index (Phi) is 13.5. The van der Waals surface area contributed by atoms with Gasteiger partial charge in [0, 0.05) is 91.7 Å². The summed E-state index contributed by atoms with van der Waals surface area (Å²) in [6, 6.07) is 19.6. The van der Waals surface area contributed by atoms with Crippen LogP contribution < -0.4 is 30.7 Å². The van der Waals surface area contributed by atoms with Crippen molar-refractivity contribution in [3.8, 4) is 22.6 Å². The van der Waals surface area contributed by atoms with Gasteiger partial charge in [0.25, 0.3) is 0 Å². The topological polar surface area (TPSA) is 185 Å². The molecule has 5 aromatic rings. The van der Waals surface area contributed by atoms with Gasteiger partial charge in [-0.25, -0.2) is 13.6 Å². The quantitative estimate of drug-likeness (QED) is 0.0949. The van der Waals surface area contributed by atoms with Gasteiger partial charge in [-0.1, -0.05) is 54.9 Å². The first kappa shape index (κ1) is 48.5. The van der Waals surface area contributed by atoms with Crippen LogP contribution in [-0.4, -0.2) is 113 Å². The summed E-state index contributed by atoms with van der Waals surface area (Å²) in [5.41, 5.74) is 7.50. The highest BCUT2D eigenvalue weighted by molar-refractivity contribution is 6.34. The molecule has 5 heterocycles. The number of hydrogen-bond acceptors (Lipinski definition) is 10. The minimum Gasteiger partial charge on any atom is -0.488 e. The molecule has 5 amide bonds. The summed E-state index contributed by atoms with van der Waals surface area (Å²) in [4.78, 5) is 57.3. The van der Waals surface area contributed by atoms with E-state index in [0.717, 1.165) is 87.6 Å². The highest BCUT2D eigenvalue weighted by Crippen LogP contribution is 2.56. The molecule has 0 bridgehead atoms. The number of hydrogen-bond donors (Lipinski definition) is 4. The van der Waals surface area contributed by atoms with Crippen LogP contribution in [0.4, 0.5) is 19.4 Å². The predicted octanol–water partition coefficient (Wildman–Crippen LogP) is 7.11. The van der Waals surface area contributed by atoms with Crippen LogP contribution in [0, 0.1) is 17.6 Å². The number of aliphatic hydroxyl groups excluding tert-OH is 1. The highest BCUT2D eigenvalue weighted by atomic mass is 35.5. The number of ether oxygens (including phenoxy) is 2. The number of benzene rings is 4. The number of primary amides is 1. The van der Waals surface area contributed by atoms with Crippen molar-refractivity contribution in [1.82, 2.24) is 30.2 Å². The van der Waals surface area contributed by atoms with E-state index in [1.807, 2.05) is 50.4 Å². The lowest BCUT2D eigenvalue weighted by Crippen LogP contribution is -2.49. The summed E-state index contributed by atoms with van der Waals surface area (Å²) in [6.45, 7) is 5.29. The van der Waals surface area contributed by atoms with E-state index in [4.69, 9.17) is 26.8 Å². The summed E-state index contributed by atoms with van der Waals surface area (Å²) < 4.78 is 46.4. The SMILES string of the molecule is C[C@H]1c2c(cc(F)c(Cl)c2-c2c(C(N)=O)ccc(OCCO)c2F)O[C@]1(CNC1CCC(C(=O)N2CC[C@@H](N3CCC(c4ccc5c(N6CCC(=O)NC6=O)nn(C)c5c4)CC3)C2)CC1)c1ccccc1. The number of imide groups is 1. The molecule has 5 aliphatic rings. The average Bonchev–Trinajstić information content (AvgIpc) is 4.08. The van der Waals surface area contributed by atoms with Crippen LogP contribution in [-0.2, 0) is 22.2 Å². The molecule has 5 N–H and O–H groups in total. The maximum absolute atomic E-state index is 16.5. The van der Waals surface area contributed by atoms with Gasteiger partial charge in [0.2, 0.25) is 17.7 Å². The molecule has 18 heteroatoms. The number of rotatable bonds is 13. The number of fused-ring (bicyclic) bond motifs is 2. The zero-order chi connectivity index (χ0) is 49.7. The zero-order valence-electron chi connectivity index (χ0n) is 39.9. The lowest BCUT2D eigenvalue weighted by molar-refractivity contribution is -0.135. The fraction of sp³-hybridized carbons (Fsp3) is 0.453. The lowest BCUT2D eigenvalue weighted by Gasteiger charge is -2.38. The third-order valence-electron chi connectivity index (χ3n) is 15.8. The number of nitrogens with two attached hydrogens (primary N) is 1. The van der Waals surface area contributed by atoms with Crippen molar-refractivity contribution in [2.75, 3.05) is 57.4 Å². The number of aryl methyl sites for hydroxylation is 1. The van der Waals surface area contributed by atoms with Crippen LogP contribution in [0.25, 0.3) is 22.0 Å². The lowest BCUT2D eigenvalue weighted by atomic mass is 9.77. The number of carbonyl (C=O) groups is 4. The van der Waals surface area contributed by atoms with Crippen molar-refractivity contribution in [2.24, 2.45) is 18.7 Å². The van der Waals surface area contributed by atoms with E-state index >= 15 is 8.78 Å². The number of anilines is 1. The van der Waals surface area contributed by atoms with E-state index in [1.165, 1.54) is 28.7 Å². The van der Waals surface area contributed by atoms with Gasteiger partial charge in [0.05, 0.1) is 22.7 Å². The molecule has 3 atom stereocenters. The van der Waals surface area contributed by atoms with E-state index in [1.54, 1.807) is 4.68 Å². The minimum atomic E-state index is -1.11. The number of nitrogens with one attached hydrogen (secondary N) is 2. The number of amides is 5. The molecule has 4 aromatic carbocycles. The molecule has 1 saturated carbocycles. The van der Waals surface area contributed by atoms with Crippen LogP contribution in [0.2, 0.25) is 5.02 Å². The molecule has 0 unspecified atom stereocenters. The minimum absolute atomic E-state index is 0.0531. The normalized spacial score (nSPS) is 24.0. The summed E-state index contributed by atoms with van der Waals surface area (Å²) in [6.07, 6.45) is 6.21. The maximum Gasteiger partial charge on any atom is 0.329 e. The number of aromatic nitrogens is 2. The average molecular weight is 994 g/mol. The number of piperidine rings is 1. The van der Waals surface area contributed by atoms with Crippen LogP contribution >= 0.6 is 11.6 Å². The van der Waals surface area contributed by atoms with Crippen molar-refractivity contribution in [1.29, 1.82) is 0 Å². The summed E-state index contributed by atoms with van der Waals surface area (Å²) >= 11 is 6.73. The molecular formula is C53H59ClF2N8O7. The van der Waals surface area contributed by atoms with Crippen molar-refractivity contribution >= 4 is 52.1 Å². The van der Waals surface area contributed by atoms with Gasteiger partial charge >= 0.3 is 6.03 Å². The van der Waals surface area contributed by atoms with Crippen molar-refractivity contribution < 1.29 is 42.5 Å². The smallest absolute Gasteiger partial charge is 0.329 e. The Labute approximate surface area is 415 Å². The van der Waals surface area contributed by atoms with Crippen LogP contribution in [0.5, 0.6) is 11.5 Å². The van der Waals surface area contributed by atoms with Crippen LogP contribution in [0.1, 0.15) is 97.2 Å². The summed E-state index contributed by atoms with van der Waals surface area (Å²) in [5, 5.41) is 20.6. The van der Waals surface area contributed by atoms with Gasteiger partial charge in [0.1, 0.15) is 18.2 Å². The van der Waals surface area contributed by atoms with E-state index in [0.29, 0.717) is 36.4 Å². The first-order chi connectivity index (χ1) is 34.3. The molecule has 374 valence electrons. The molecule has 3 saturated heterocycles. The Hall–Kier alpha value is -6.14.